The standard InChI is InChI=1S/C12H16FN3O/c13-10-3-1-2-9(6-10)7-15-12(17)16-11-4-5-14-8-11/h1-3,6,11,14H,4-5,7-8H2,(H2,15,16,17)/t11-/m1/s1. The molecule has 0 radical (unpaired) electrons. The number of hydrogen-bond acceptors (Lipinski definition) is 2. The van der Waals surface area contributed by atoms with E-state index in [0.29, 0.717) is 6.54 Å². The summed E-state index contributed by atoms with van der Waals surface area (Å²) in [4.78, 5) is 11.5. The molecule has 92 valence electrons. The van der Waals surface area contributed by atoms with Gasteiger partial charge in [0.25, 0.3) is 0 Å². The quantitative estimate of drug-likeness (QED) is 0.734. The molecule has 1 aliphatic rings. The minimum atomic E-state index is -0.287. The fourth-order valence-electron chi connectivity index (χ4n) is 1.84. The van der Waals surface area contributed by atoms with Gasteiger partial charge >= 0.3 is 6.03 Å². The third-order valence-corrected chi connectivity index (χ3v) is 2.74. The van der Waals surface area contributed by atoms with Crippen LogP contribution in [0.4, 0.5) is 9.18 Å². The van der Waals surface area contributed by atoms with Crippen molar-refractivity contribution in [2.45, 2.75) is 19.0 Å². The molecule has 1 heterocycles. The van der Waals surface area contributed by atoms with Crippen LogP contribution in [0.5, 0.6) is 0 Å². The van der Waals surface area contributed by atoms with Crippen LogP contribution in [0.3, 0.4) is 0 Å². The highest BCUT2D eigenvalue weighted by molar-refractivity contribution is 5.74. The van der Waals surface area contributed by atoms with E-state index < -0.39 is 0 Å². The molecule has 1 atom stereocenters. The summed E-state index contributed by atoms with van der Waals surface area (Å²) in [6.07, 6.45) is 0.952. The predicted molar refractivity (Wildman–Crippen MR) is 63.0 cm³/mol. The van der Waals surface area contributed by atoms with E-state index >= 15 is 0 Å². The molecule has 0 aromatic heterocycles. The minimum absolute atomic E-state index is 0.197. The zero-order chi connectivity index (χ0) is 12.1. The zero-order valence-corrected chi connectivity index (χ0v) is 9.50. The van der Waals surface area contributed by atoms with Gasteiger partial charge in [0, 0.05) is 19.1 Å². The summed E-state index contributed by atoms with van der Waals surface area (Å²) in [5.41, 5.74) is 0.754. The summed E-state index contributed by atoms with van der Waals surface area (Å²) in [6, 6.07) is 6.20. The Morgan fingerprint density at radius 2 is 2.41 bits per heavy atom. The number of urea groups is 1. The van der Waals surface area contributed by atoms with Crippen LogP contribution in [0.15, 0.2) is 24.3 Å². The molecule has 4 nitrogen and oxygen atoms in total. The molecule has 5 heteroatoms. The summed E-state index contributed by atoms with van der Waals surface area (Å²) in [5.74, 6) is -0.287. The summed E-state index contributed by atoms with van der Waals surface area (Å²) < 4.78 is 12.9. The maximum Gasteiger partial charge on any atom is 0.315 e. The zero-order valence-electron chi connectivity index (χ0n) is 9.50. The van der Waals surface area contributed by atoms with Crippen molar-refractivity contribution in [3.8, 4) is 0 Å². The van der Waals surface area contributed by atoms with Crippen LogP contribution in [-0.4, -0.2) is 25.2 Å². The highest BCUT2D eigenvalue weighted by Crippen LogP contribution is 2.03. The number of amides is 2. The van der Waals surface area contributed by atoms with Crippen LogP contribution in [0, 0.1) is 5.82 Å². The van der Waals surface area contributed by atoms with Gasteiger partial charge in [-0.1, -0.05) is 12.1 Å². The lowest BCUT2D eigenvalue weighted by molar-refractivity contribution is 0.237. The van der Waals surface area contributed by atoms with Crippen LogP contribution >= 0.6 is 0 Å². The number of hydrogen-bond donors (Lipinski definition) is 3. The second kappa shape index (κ2) is 5.63. The first kappa shape index (κ1) is 11.9. The van der Waals surface area contributed by atoms with Crippen molar-refractivity contribution < 1.29 is 9.18 Å². The molecule has 0 saturated carbocycles. The van der Waals surface area contributed by atoms with Crippen molar-refractivity contribution in [1.29, 1.82) is 0 Å². The lowest BCUT2D eigenvalue weighted by Crippen LogP contribution is -2.42. The van der Waals surface area contributed by atoms with E-state index in [4.69, 9.17) is 0 Å². The Hall–Kier alpha value is -1.62. The SMILES string of the molecule is O=C(NCc1cccc(F)c1)N[C@@H]1CCNC1. The molecule has 0 unspecified atom stereocenters. The topological polar surface area (TPSA) is 53.2 Å². The summed E-state index contributed by atoms with van der Waals surface area (Å²) in [7, 11) is 0. The molecule has 1 aliphatic heterocycles. The van der Waals surface area contributed by atoms with Gasteiger partial charge in [-0.05, 0) is 30.7 Å². The van der Waals surface area contributed by atoms with Crippen LogP contribution in [0.25, 0.3) is 0 Å². The molecule has 0 aliphatic carbocycles. The number of carbonyl (C=O) groups is 1. The van der Waals surface area contributed by atoms with Crippen molar-refractivity contribution in [3.63, 3.8) is 0 Å². The van der Waals surface area contributed by atoms with E-state index in [-0.39, 0.29) is 17.9 Å². The van der Waals surface area contributed by atoms with E-state index in [1.165, 1.54) is 12.1 Å². The maximum atomic E-state index is 12.9. The second-order valence-corrected chi connectivity index (χ2v) is 4.15. The molecule has 1 saturated heterocycles. The third-order valence-electron chi connectivity index (χ3n) is 2.74. The van der Waals surface area contributed by atoms with Crippen molar-refractivity contribution in [2.75, 3.05) is 13.1 Å². The first-order valence-corrected chi connectivity index (χ1v) is 5.73. The number of halogens is 1. The number of benzene rings is 1. The molecule has 2 amide bonds. The number of nitrogens with one attached hydrogen (secondary N) is 3. The molecule has 1 aromatic carbocycles. The molecule has 17 heavy (non-hydrogen) atoms. The molecule has 0 bridgehead atoms. The van der Waals surface area contributed by atoms with Crippen molar-refractivity contribution in [3.05, 3.63) is 35.6 Å². The average Bonchev–Trinajstić information content (AvgIpc) is 2.79. The lowest BCUT2D eigenvalue weighted by Gasteiger charge is -2.12. The van der Waals surface area contributed by atoms with E-state index in [0.717, 1.165) is 25.1 Å². The Kier molecular flexibility index (Phi) is 3.93. The Morgan fingerprint density at radius 1 is 1.53 bits per heavy atom. The fraction of sp³-hybridized carbons (Fsp3) is 0.417. The van der Waals surface area contributed by atoms with Crippen molar-refractivity contribution >= 4 is 6.03 Å². The van der Waals surface area contributed by atoms with Crippen molar-refractivity contribution in [2.24, 2.45) is 0 Å². The Bertz CT molecular complexity index is 391. The van der Waals surface area contributed by atoms with Gasteiger partial charge in [0.1, 0.15) is 5.82 Å². The van der Waals surface area contributed by atoms with E-state index in [9.17, 15) is 9.18 Å². The molecule has 0 spiro atoms. The van der Waals surface area contributed by atoms with Gasteiger partial charge in [-0.25, -0.2) is 9.18 Å². The first-order chi connectivity index (χ1) is 8.24. The van der Waals surface area contributed by atoms with E-state index in [1.807, 2.05) is 0 Å². The second-order valence-electron chi connectivity index (χ2n) is 4.15. The van der Waals surface area contributed by atoms with Gasteiger partial charge in [0.2, 0.25) is 0 Å². The number of carbonyl (C=O) groups excluding carboxylic acids is 1. The van der Waals surface area contributed by atoms with E-state index in [1.54, 1.807) is 12.1 Å². The fourth-order valence-corrected chi connectivity index (χ4v) is 1.84. The number of rotatable bonds is 3. The molecular formula is C12H16FN3O. The van der Waals surface area contributed by atoms with E-state index in [2.05, 4.69) is 16.0 Å². The molecule has 1 fully saturated rings. The van der Waals surface area contributed by atoms with Gasteiger partial charge in [0.15, 0.2) is 0 Å². The van der Waals surface area contributed by atoms with Crippen LogP contribution < -0.4 is 16.0 Å². The maximum absolute atomic E-state index is 12.9. The third kappa shape index (κ3) is 3.71. The molecule has 2 rings (SSSR count). The monoisotopic (exact) mass is 237 g/mol. The van der Waals surface area contributed by atoms with Gasteiger partial charge in [-0.3, -0.25) is 0 Å². The summed E-state index contributed by atoms with van der Waals surface area (Å²) in [5, 5.41) is 8.73. The van der Waals surface area contributed by atoms with Gasteiger partial charge in [-0.15, -0.1) is 0 Å². The summed E-state index contributed by atoms with van der Waals surface area (Å²) in [6.45, 7) is 2.09. The van der Waals surface area contributed by atoms with Gasteiger partial charge < -0.3 is 16.0 Å². The normalized spacial score (nSPS) is 19.0. The molecule has 1 aromatic rings. The predicted octanol–water partition coefficient (Wildman–Crippen LogP) is 0.987. The van der Waals surface area contributed by atoms with Crippen LogP contribution in [0.2, 0.25) is 0 Å². The highest BCUT2D eigenvalue weighted by Gasteiger charge is 2.15. The highest BCUT2D eigenvalue weighted by atomic mass is 19.1. The van der Waals surface area contributed by atoms with Gasteiger partial charge in [-0.2, -0.15) is 0 Å². The first-order valence-electron chi connectivity index (χ1n) is 5.73. The van der Waals surface area contributed by atoms with Crippen LogP contribution in [-0.2, 0) is 6.54 Å². The molecular weight excluding hydrogens is 221 g/mol. The summed E-state index contributed by atoms with van der Waals surface area (Å²) >= 11 is 0. The van der Waals surface area contributed by atoms with Crippen molar-refractivity contribution in [1.82, 2.24) is 16.0 Å². The Labute approximate surface area is 99.6 Å². The Balaban J connectivity index is 1.75. The lowest BCUT2D eigenvalue weighted by atomic mass is 10.2. The largest absolute Gasteiger partial charge is 0.334 e. The van der Waals surface area contributed by atoms with Crippen LogP contribution in [0.1, 0.15) is 12.0 Å². The minimum Gasteiger partial charge on any atom is -0.334 e. The average molecular weight is 237 g/mol. The van der Waals surface area contributed by atoms with Gasteiger partial charge in [0.05, 0.1) is 0 Å². The Morgan fingerprint density at radius 3 is 3.12 bits per heavy atom. The molecule has 3 N–H and O–H groups in total. The smallest absolute Gasteiger partial charge is 0.315 e.